The summed E-state index contributed by atoms with van der Waals surface area (Å²) in [6, 6.07) is 7.05. The standard InChI is InChI=1S/C10H10O2S/c1-7(11)9-4-2-8(3-5-9)6-10(12)13/h2-5H,6H2,1H3,(H,12,13). The van der Waals surface area contributed by atoms with Gasteiger partial charge in [-0.05, 0) is 24.7 Å². The van der Waals surface area contributed by atoms with Gasteiger partial charge < -0.3 is 5.11 Å². The van der Waals surface area contributed by atoms with E-state index >= 15 is 0 Å². The number of carbonyl (C=O) groups excluding carboxylic acids is 1. The van der Waals surface area contributed by atoms with E-state index in [1.54, 1.807) is 24.3 Å². The molecule has 0 amide bonds. The van der Waals surface area contributed by atoms with E-state index in [-0.39, 0.29) is 10.8 Å². The summed E-state index contributed by atoms with van der Waals surface area (Å²) in [6.45, 7) is 1.52. The molecule has 0 aliphatic carbocycles. The molecule has 3 heteroatoms. The van der Waals surface area contributed by atoms with Gasteiger partial charge >= 0.3 is 0 Å². The quantitative estimate of drug-likeness (QED) is 0.592. The highest BCUT2D eigenvalue weighted by Crippen LogP contribution is 2.06. The zero-order chi connectivity index (χ0) is 9.84. The summed E-state index contributed by atoms with van der Waals surface area (Å²) in [7, 11) is 0. The zero-order valence-corrected chi connectivity index (χ0v) is 8.10. The fourth-order valence-electron chi connectivity index (χ4n) is 1.03. The van der Waals surface area contributed by atoms with Crippen molar-refractivity contribution < 1.29 is 9.90 Å². The van der Waals surface area contributed by atoms with E-state index < -0.39 is 0 Å². The summed E-state index contributed by atoms with van der Waals surface area (Å²) in [5.41, 5.74) is 1.59. The van der Waals surface area contributed by atoms with Crippen LogP contribution in [-0.2, 0) is 6.42 Å². The van der Waals surface area contributed by atoms with E-state index in [9.17, 15) is 4.79 Å². The highest BCUT2D eigenvalue weighted by molar-refractivity contribution is 7.80. The van der Waals surface area contributed by atoms with Crippen molar-refractivity contribution in [3.63, 3.8) is 0 Å². The van der Waals surface area contributed by atoms with Crippen LogP contribution in [0.1, 0.15) is 22.8 Å². The van der Waals surface area contributed by atoms with Crippen LogP contribution in [0.2, 0.25) is 0 Å². The van der Waals surface area contributed by atoms with Crippen molar-refractivity contribution in [2.45, 2.75) is 13.3 Å². The molecule has 0 radical (unpaired) electrons. The van der Waals surface area contributed by atoms with Crippen LogP contribution in [-0.4, -0.2) is 15.9 Å². The molecule has 2 nitrogen and oxygen atoms in total. The number of Topliss-reactive ketones (excluding diaryl/α,β-unsaturated/α-hetero) is 1. The lowest BCUT2D eigenvalue weighted by Crippen LogP contribution is -1.98. The number of rotatable bonds is 3. The Labute approximate surface area is 82.2 Å². The molecule has 0 aromatic heterocycles. The molecule has 0 heterocycles. The second kappa shape index (κ2) is 4.14. The largest absolute Gasteiger partial charge is 0.502 e. The van der Waals surface area contributed by atoms with Crippen LogP contribution in [0.4, 0.5) is 0 Å². The minimum atomic E-state index is -0.0319. The molecule has 0 saturated carbocycles. The van der Waals surface area contributed by atoms with Crippen LogP contribution in [0.25, 0.3) is 0 Å². The van der Waals surface area contributed by atoms with E-state index in [2.05, 4.69) is 12.2 Å². The molecule has 68 valence electrons. The number of thiocarbonyl (C=S) groups is 1. The van der Waals surface area contributed by atoms with Crippen molar-refractivity contribution in [2.75, 3.05) is 0 Å². The van der Waals surface area contributed by atoms with Gasteiger partial charge in [0.2, 0.25) is 0 Å². The van der Waals surface area contributed by atoms with Crippen LogP contribution in [0, 0.1) is 0 Å². The number of benzene rings is 1. The van der Waals surface area contributed by atoms with E-state index in [1.807, 2.05) is 0 Å². The zero-order valence-electron chi connectivity index (χ0n) is 7.28. The second-order valence-corrected chi connectivity index (χ2v) is 3.29. The molecule has 13 heavy (non-hydrogen) atoms. The second-order valence-electron chi connectivity index (χ2n) is 2.82. The summed E-state index contributed by atoms with van der Waals surface area (Å²) in [4.78, 5) is 10.9. The Morgan fingerprint density at radius 1 is 1.38 bits per heavy atom. The Morgan fingerprint density at radius 2 is 1.92 bits per heavy atom. The van der Waals surface area contributed by atoms with Crippen LogP contribution < -0.4 is 0 Å². The fraction of sp³-hybridized carbons (Fsp3) is 0.200. The van der Waals surface area contributed by atoms with Gasteiger partial charge in [0, 0.05) is 12.0 Å². The first-order valence-electron chi connectivity index (χ1n) is 3.91. The third kappa shape index (κ3) is 2.95. The lowest BCUT2D eigenvalue weighted by molar-refractivity contribution is 0.101. The van der Waals surface area contributed by atoms with Crippen LogP contribution in [0.15, 0.2) is 24.3 Å². The molecule has 0 spiro atoms. The summed E-state index contributed by atoms with van der Waals surface area (Å²) in [6.07, 6.45) is 0.369. The number of hydrogen-bond acceptors (Lipinski definition) is 2. The normalized spacial score (nSPS) is 9.62. The molecular weight excluding hydrogens is 184 g/mol. The molecular formula is C10H10O2S. The maximum absolute atomic E-state index is 10.9. The van der Waals surface area contributed by atoms with Crippen molar-refractivity contribution in [2.24, 2.45) is 0 Å². The molecule has 1 rings (SSSR count). The Hall–Kier alpha value is -1.22. The van der Waals surface area contributed by atoms with Gasteiger partial charge in [0.05, 0.1) is 0 Å². The van der Waals surface area contributed by atoms with Gasteiger partial charge in [-0.25, -0.2) is 0 Å². The molecule has 0 saturated heterocycles. The Bertz CT molecular complexity index is 327. The molecule has 1 aromatic rings. The van der Waals surface area contributed by atoms with Gasteiger partial charge in [-0.15, -0.1) is 0 Å². The van der Waals surface area contributed by atoms with E-state index in [1.165, 1.54) is 6.92 Å². The van der Waals surface area contributed by atoms with Gasteiger partial charge in [0.25, 0.3) is 0 Å². The molecule has 0 atom stereocenters. The van der Waals surface area contributed by atoms with Crippen molar-refractivity contribution in [3.05, 3.63) is 35.4 Å². The Balaban J connectivity index is 2.81. The molecule has 1 aromatic carbocycles. The van der Waals surface area contributed by atoms with E-state index in [4.69, 9.17) is 5.11 Å². The van der Waals surface area contributed by atoms with Crippen LogP contribution >= 0.6 is 12.2 Å². The van der Waals surface area contributed by atoms with Gasteiger partial charge in [-0.1, -0.05) is 24.3 Å². The number of aliphatic hydroxyl groups excluding tert-OH is 1. The van der Waals surface area contributed by atoms with Crippen LogP contribution in [0.3, 0.4) is 0 Å². The van der Waals surface area contributed by atoms with Crippen molar-refractivity contribution in [1.82, 2.24) is 0 Å². The number of ketones is 1. The first kappa shape index (κ1) is 9.86. The molecule has 1 N–H and O–H groups in total. The van der Waals surface area contributed by atoms with Crippen molar-refractivity contribution >= 4 is 23.1 Å². The first-order chi connectivity index (χ1) is 6.09. The lowest BCUT2D eigenvalue weighted by atomic mass is 10.1. The Morgan fingerprint density at radius 3 is 2.31 bits per heavy atom. The predicted octanol–water partition coefficient (Wildman–Crippen LogP) is 2.32. The SMILES string of the molecule is CC(=O)c1ccc(CC(O)=S)cc1. The third-order valence-corrected chi connectivity index (χ3v) is 1.86. The monoisotopic (exact) mass is 194 g/mol. The topological polar surface area (TPSA) is 37.3 Å². The molecule has 0 aliphatic rings. The number of hydrogen-bond donors (Lipinski definition) is 1. The summed E-state index contributed by atoms with van der Waals surface area (Å²) >= 11 is 4.55. The van der Waals surface area contributed by atoms with Gasteiger partial charge in [0.1, 0.15) is 0 Å². The molecule has 0 unspecified atom stereocenters. The predicted molar refractivity (Wildman–Crippen MR) is 55.4 cm³/mol. The molecule has 0 aliphatic heterocycles. The maximum Gasteiger partial charge on any atom is 0.160 e. The minimum Gasteiger partial charge on any atom is -0.502 e. The van der Waals surface area contributed by atoms with Crippen LogP contribution in [0.5, 0.6) is 0 Å². The van der Waals surface area contributed by atoms with Crippen molar-refractivity contribution in [1.29, 1.82) is 0 Å². The minimum absolute atomic E-state index is 0.0319. The highest BCUT2D eigenvalue weighted by Gasteiger charge is 1.99. The summed E-state index contributed by atoms with van der Waals surface area (Å²) in [5.74, 6) is 0.0399. The first-order valence-corrected chi connectivity index (χ1v) is 4.32. The molecule has 0 fully saturated rings. The van der Waals surface area contributed by atoms with E-state index in [0.29, 0.717) is 12.0 Å². The van der Waals surface area contributed by atoms with Gasteiger partial charge in [-0.3, -0.25) is 4.79 Å². The van der Waals surface area contributed by atoms with Crippen molar-refractivity contribution in [3.8, 4) is 0 Å². The number of carbonyl (C=O) groups is 1. The summed E-state index contributed by atoms with van der Waals surface area (Å²) in [5, 5.41) is 8.82. The van der Waals surface area contributed by atoms with Gasteiger partial charge in [0.15, 0.2) is 10.8 Å². The Kier molecular flexibility index (Phi) is 3.14. The average molecular weight is 194 g/mol. The third-order valence-electron chi connectivity index (χ3n) is 1.72. The maximum atomic E-state index is 10.9. The highest BCUT2D eigenvalue weighted by atomic mass is 32.1. The number of aliphatic hydroxyl groups is 1. The smallest absolute Gasteiger partial charge is 0.160 e. The summed E-state index contributed by atoms with van der Waals surface area (Å²) < 4.78 is 0. The average Bonchev–Trinajstić information content (AvgIpc) is 2.04. The van der Waals surface area contributed by atoms with E-state index in [0.717, 1.165) is 5.56 Å². The molecule has 0 bridgehead atoms. The fourth-order valence-corrected chi connectivity index (χ4v) is 1.20. The van der Waals surface area contributed by atoms with Gasteiger partial charge in [-0.2, -0.15) is 0 Å². The lowest BCUT2D eigenvalue weighted by Gasteiger charge is -1.99.